The van der Waals surface area contributed by atoms with Crippen LogP contribution in [-0.4, -0.2) is 4.98 Å². The molecule has 0 amide bonds. The van der Waals surface area contributed by atoms with Gasteiger partial charge in [0.05, 0.1) is 5.56 Å². The van der Waals surface area contributed by atoms with Crippen molar-refractivity contribution in [2.45, 2.75) is 12.7 Å². The highest BCUT2D eigenvalue weighted by atomic mass is 19.4. The van der Waals surface area contributed by atoms with Gasteiger partial charge >= 0.3 is 6.18 Å². The largest absolute Gasteiger partial charge is 0.417 e. The predicted octanol–water partition coefficient (Wildman–Crippen LogP) is 3.37. The molecule has 0 aliphatic rings. The summed E-state index contributed by atoms with van der Waals surface area (Å²) in [4.78, 5) is 3.68. The molecule has 2 aromatic rings. The predicted molar refractivity (Wildman–Crippen MR) is 62.5 cm³/mol. The molecule has 0 saturated heterocycles. The van der Waals surface area contributed by atoms with Crippen LogP contribution in [0.2, 0.25) is 0 Å². The highest BCUT2D eigenvalue weighted by Crippen LogP contribution is 2.37. The number of nitrogens with two attached hydrogens (primary N) is 1. The minimum atomic E-state index is -4.53. The van der Waals surface area contributed by atoms with E-state index >= 15 is 0 Å². The molecular weight excluding hydrogens is 260 g/mol. The van der Waals surface area contributed by atoms with Gasteiger partial charge in [-0.25, -0.2) is 4.39 Å². The van der Waals surface area contributed by atoms with E-state index in [0.717, 1.165) is 30.6 Å². The third kappa shape index (κ3) is 2.73. The number of hydrogen-bond acceptors (Lipinski definition) is 2. The Bertz CT molecular complexity index is 593. The van der Waals surface area contributed by atoms with Gasteiger partial charge < -0.3 is 5.73 Å². The monoisotopic (exact) mass is 270 g/mol. The van der Waals surface area contributed by atoms with Gasteiger partial charge in [0, 0.05) is 24.5 Å². The Morgan fingerprint density at radius 2 is 1.84 bits per heavy atom. The second-order valence-electron chi connectivity index (χ2n) is 3.92. The number of aromatic nitrogens is 1. The molecule has 2 nitrogen and oxygen atoms in total. The van der Waals surface area contributed by atoms with Crippen LogP contribution in [0, 0.1) is 5.82 Å². The van der Waals surface area contributed by atoms with Crippen molar-refractivity contribution in [3.05, 3.63) is 53.6 Å². The molecule has 6 heteroatoms. The highest BCUT2D eigenvalue weighted by Gasteiger charge is 2.34. The Morgan fingerprint density at radius 3 is 2.47 bits per heavy atom. The van der Waals surface area contributed by atoms with Gasteiger partial charge in [-0.05, 0) is 29.3 Å². The molecule has 0 spiro atoms. The zero-order valence-electron chi connectivity index (χ0n) is 9.71. The highest BCUT2D eigenvalue weighted by molar-refractivity contribution is 5.70. The summed E-state index contributed by atoms with van der Waals surface area (Å²) in [5, 5.41) is 0. The fourth-order valence-corrected chi connectivity index (χ4v) is 1.83. The van der Waals surface area contributed by atoms with E-state index < -0.39 is 17.6 Å². The fourth-order valence-electron chi connectivity index (χ4n) is 1.83. The summed E-state index contributed by atoms with van der Waals surface area (Å²) in [6.07, 6.45) is -2.42. The van der Waals surface area contributed by atoms with Crippen LogP contribution in [0.4, 0.5) is 17.6 Å². The molecule has 0 unspecified atom stereocenters. The van der Waals surface area contributed by atoms with E-state index in [-0.39, 0.29) is 17.7 Å². The molecule has 1 aromatic heterocycles. The van der Waals surface area contributed by atoms with Crippen LogP contribution in [0.25, 0.3) is 11.1 Å². The number of halogens is 4. The van der Waals surface area contributed by atoms with Crippen LogP contribution in [0.5, 0.6) is 0 Å². The summed E-state index contributed by atoms with van der Waals surface area (Å²) in [7, 11) is 0. The second kappa shape index (κ2) is 4.97. The summed E-state index contributed by atoms with van der Waals surface area (Å²) in [6.45, 7) is 0.0157. The first-order valence-electron chi connectivity index (χ1n) is 5.43. The average Bonchev–Trinajstić information content (AvgIpc) is 2.37. The molecule has 19 heavy (non-hydrogen) atoms. The first-order chi connectivity index (χ1) is 8.93. The maximum atomic E-state index is 13.3. The fraction of sp³-hybridized carbons (Fsp3) is 0.154. The van der Waals surface area contributed by atoms with Crippen molar-refractivity contribution < 1.29 is 17.6 Å². The van der Waals surface area contributed by atoms with Crippen LogP contribution in [0.1, 0.15) is 11.1 Å². The lowest BCUT2D eigenvalue weighted by atomic mass is 9.96. The number of alkyl halides is 3. The molecule has 1 aromatic carbocycles. The average molecular weight is 270 g/mol. The normalized spacial score (nSPS) is 11.6. The molecular formula is C13H10F4N2. The minimum Gasteiger partial charge on any atom is -0.326 e. The van der Waals surface area contributed by atoms with Gasteiger partial charge in [-0.1, -0.05) is 6.07 Å². The molecule has 0 atom stereocenters. The summed E-state index contributed by atoms with van der Waals surface area (Å²) in [6, 6.07) is 4.43. The van der Waals surface area contributed by atoms with Crippen molar-refractivity contribution in [3.8, 4) is 11.1 Å². The Balaban J connectivity index is 2.69. The Labute approximate surface area is 106 Å². The van der Waals surface area contributed by atoms with E-state index in [1.807, 2.05) is 0 Å². The summed E-state index contributed by atoms with van der Waals surface area (Å²) in [5.41, 5.74) is 4.99. The number of benzene rings is 1. The van der Waals surface area contributed by atoms with Gasteiger partial charge in [0.15, 0.2) is 0 Å². The van der Waals surface area contributed by atoms with Crippen LogP contribution < -0.4 is 5.73 Å². The molecule has 100 valence electrons. The summed E-state index contributed by atoms with van der Waals surface area (Å²) < 4.78 is 52.0. The molecule has 0 saturated carbocycles. The number of nitrogens with zero attached hydrogens (tertiary/aromatic N) is 1. The van der Waals surface area contributed by atoms with E-state index in [1.165, 1.54) is 6.07 Å². The van der Waals surface area contributed by atoms with Crippen LogP contribution >= 0.6 is 0 Å². The SMILES string of the molecule is NCc1ccc(F)cc1-c1cnccc1C(F)(F)F. The molecule has 0 fully saturated rings. The molecule has 2 N–H and O–H groups in total. The molecule has 2 rings (SSSR count). The zero-order chi connectivity index (χ0) is 14.0. The van der Waals surface area contributed by atoms with Crippen LogP contribution in [-0.2, 0) is 12.7 Å². The third-order valence-electron chi connectivity index (χ3n) is 2.71. The van der Waals surface area contributed by atoms with Gasteiger partial charge in [-0.3, -0.25) is 4.98 Å². The molecule has 0 radical (unpaired) electrons. The topological polar surface area (TPSA) is 38.9 Å². The smallest absolute Gasteiger partial charge is 0.326 e. The van der Waals surface area contributed by atoms with E-state index in [2.05, 4.69) is 4.98 Å². The van der Waals surface area contributed by atoms with Crippen LogP contribution in [0.15, 0.2) is 36.7 Å². The van der Waals surface area contributed by atoms with E-state index in [9.17, 15) is 17.6 Å². The Hall–Kier alpha value is -1.95. The van der Waals surface area contributed by atoms with Crippen molar-refractivity contribution >= 4 is 0 Å². The summed E-state index contributed by atoms with van der Waals surface area (Å²) >= 11 is 0. The molecule has 0 aliphatic heterocycles. The van der Waals surface area contributed by atoms with Crippen molar-refractivity contribution in [2.75, 3.05) is 0 Å². The third-order valence-corrected chi connectivity index (χ3v) is 2.71. The molecule has 0 bridgehead atoms. The van der Waals surface area contributed by atoms with Gasteiger partial charge in [0.25, 0.3) is 0 Å². The lowest BCUT2D eigenvalue weighted by molar-refractivity contribution is -0.137. The van der Waals surface area contributed by atoms with Gasteiger partial charge in [0.1, 0.15) is 5.82 Å². The number of rotatable bonds is 2. The maximum absolute atomic E-state index is 13.3. The van der Waals surface area contributed by atoms with Crippen molar-refractivity contribution in [1.29, 1.82) is 0 Å². The summed E-state index contributed by atoms with van der Waals surface area (Å²) in [5.74, 6) is -0.621. The van der Waals surface area contributed by atoms with E-state index in [4.69, 9.17) is 5.73 Å². The van der Waals surface area contributed by atoms with Gasteiger partial charge in [0.2, 0.25) is 0 Å². The first kappa shape index (κ1) is 13.5. The lowest BCUT2D eigenvalue weighted by Crippen LogP contribution is -2.09. The van der Waals surface area contributed by atoms with Gasteiger partial charge in [-0.2, -0.15) is 13.2 Å². The number of pyridine rings is 1. The standard InChI is InChI=1S/C13H10F4N2/c14-9-2-1-8(6-18)10(5-9)11-7-19-4-3-12(11)13(15,16)17/h1-5,7H,6,18H2. The second-order valence-corrected chi connectivity index (χ2v) is 3.92. The number of hydrogen-bond donors (Lipinski definition) is 1. The Morgan fingerprint density at radius 1 is 1.11 bits per heavy atom. The van der Waals surface area contributed by atoms with Crippen molar-refractivity contribution in [1.82, 2.24) is 4.98 Å². The molecule has 1 heterocycles. The Kier molecular flexibility index (Phi) is 3.53. The zero-order valence-corrected chi connectivity index (χ0v) is 9.71. The minimum absolute atomic E-state index is 0.0157. The van der Waals surface area contributed by atoms with Gasteiger partial charge in [-0.15, -0.1) is 0 Å². The van der Waals surface area contributed by atoms with Crippen molar-refractivity contribution in [2.24, 2.45) is 5.73 Å². The van der Waals surface area contributed by atoms with Crippen LogP contribution in [0.3, 0.4) is 0 Å². The quantitative estimate of drug-likeness (QED) is 0.850. The lowest BCUT2D eigenvalue weighted by Gasteiger charge is -2.14. The molecule has 0 aliphatic carbocycles. The maximum Gasteiger partial charge on any atom is 0.417 e. The van der Waals surface area contributed by atoms with E-state index in [0.29, 0.717) is 5.56 Å². The van der Waals surface area contributed by atoms with E-state index in [1.54, 1.807) is 0 Å². The van der Waals surface area contributed by atoms with Crippen molar-refractivity contribution in [3.63, 3.8) is 0 Å². The first-order valence-corrected chi connectivity index (χ1v) is 5.43.